The predicted octanol–water partition coefficient (Wildman–Crippen LogP) is 5.85. The lowest BCUT2D eigenvalue weighted by Crippen LogP contribution is -2.55. The number of hydrogen-bond donors (Lipinski definition) is 1. The number of carbonyl (C=O) groups excluding carboxylic acids is 3. The Labute approximate surface area is 252 Å². The lowest BCUT2D eigenvalue weighted by Gasteiger charge is -2.34. The topological polar surface area (TPSA) is 86.6 Å². The summed E-state index contributed by atoms with van der Waals surface area (Å²) in [5, 5.41) is 3.36. The zero-order valence-corrected chi connectivity index (χ0v) is 24.8. The Kier molecular flexibility index (Phi) is 8.87. The number of quaternary nitrogens is 1. The van der Waals surface area contributed by atoms with Crippen LogP contribution in [-0.2, 0) is 32.5 Å². The van der Waals surface area contributed by atoms with Crippen LogP contribution in [0.25, 0.3) is 10.9 Å². The van der Waals surface area contributed by atoms with Gasteiger partial charge >= 0.3 is 17.8 Å². The van der Waals surface area contributed by atoms with Crippen molar-refractivity contribution in [1.29, 1.82) is 0 Å². The smallest absolute Gasteiger partial charge is 0.320 e. The van der Waals surface area contributed by atoms with E-state index in [0.29, 0.717) is 31.2 Å². The van der Waals surface area contributed by atoms with Crippen LogP contribution in [0.2, 0.25) is 5.02 Å². The van der Waals surface area contributed by atoms with Crippen LogP contribution in [-0.4, -0.2) is 65.8 Å². The number of benzene rings is 2. The van der Waals surface area contributed by atoms with Crippen LogP contribution < -0.4 is 5.32 Å². The quantitative estimate of drug-likeness (QED) is 0.252. The van der Waals surface area contributed by atoms with Crippen LogP contribution >= 0.6 is 11.6 Å². The third kappa shape index (κ3) is 6.58. The summed E-state index contributed by atoms with van der Waals surface area (Å²) >= 11 is 6.41. The average molecular weight is 621 g/mol. The van der Waals surface area contributed by atoms with Crippen molar-refractivity contribution in [2.45, 2.75) is 50.6 Å². The number of ether oxygens (including phenoxy) is 2. The number of alkyl halides is 2. The number of nitrogens with one attached hydrogen (secondary N) is 1. The van der Waals surface area contributed by atoms with Gasteiger partial charge in [-0.1, -0.05) is 29.8 Å². The van der Waals surface area contributed by atoms with Crippen LogP contribution in [0.4, 0.5) is 18.9 Å². The first kappa shape index (κ1) is 31.0. The summed E-state index contributed by atoms with van der Waals surface area (Å²) in [6, 6.07) is 9.62. The zero-order valence-electron chi connectivity index (χ0n) is 24.0. The second-order valence-corrected chi connectivity index (χ2v) is 12.0. The molecule has 1 aliphatic heterocycles. The number of para-hydroxylation sites is 1. The van der Waals surface area contributed by atoms with E-state index in [4.69, 9.17) is 21.1 Å². The molecule has 1 atom stereocenters. The highest BCUT2D eigenvalue weighted by molar-refractivity contribution is 6.34. The maximum absolute atomic E-state index is 15.3. The number of hydrogen-bond acceptors (Lipinski definition) is 5. The molecule has 12 heteroatoms. The van der Waals surface area contributed by atoms with Crippen molar-refractivity contribution in [1.82, 2.24) is 4.57 Å². The number of halogens is 4. The lowest BCUT2D eigenvalue weighted by molar-refractivity contribution is -0.867. The molecule has 1 unspecified atom stereocenters. The molecule has 0 spiro atoms. The van der Waals surface area contributed by atoms with Gasteiger partial charge in [0.05, 0.1) is 54.8 Å². The number of esters is 1. The highest BCUT2D eigenvalue weighted by Gasteiger charge is 2.54. The normalized spacial score (nSPS) is 23.3. The van der Waals surface area contributed by atoms with Gasteiger partial charge in [-0.15, -0.1) is 0 Å². The number of likely N-dealkylation sites (tertiary alicyclic amines) is 1. The maximum atomic E-state index is 15.3. The van der Waals surface area contributed by atoms with Crippen molar-refractivity contribution >= 4 is 46.0 Å². The molecule has 2 aromatic carbocycles. The molecular formula is C31H34ClF3N3O5+. The molecule has 2 amide bonds. The fourth-order valence-corrected chi connectivity index (χ4v) is 6.35. The van der Waals surface area contributed by atoms with E-state index in [1.165, 1.54) is 13.2 Å². The Bertz CT molecular complexity index is 1550. The molecule has 0 radical (unpaired) electrons. The summed E-state index contributed by atoms with van der Waals surface area (Å²) in [5.74, 6) is -5.45. The van der Waals surface area contributed by atoms with Gasteiger partial charge in [-0.2, -0.15) is 0 Å². The molecule has 2 aliphatic rings. The van der Waals surface area contributed by atoms with Gasteiger partial charge in [-0.3, -0.25) is 9.59 Å². The van der Waals surface area contributed by atoms with Crippen molar-refractivity contribution in [3.8, 4) is 0 Å². The highest BCUT2D eigenvalue weighted by Crippen LogP contribution is 2.36. The monoisotopic (exact) mass is 620 g/mol. The standard InChI is InChI=1S/C31H33ClF3N3O5/c1-37-16-23(22-5-3-4-6-27(22)37)29(40)36-26-15-25(33)20(13-24(26)32)14-28(39)38(12-11-31(34,35)17-38)18-43-21-9-7-19(8-10-21)30(41)42-2/h3-6,13,15-16,19,21H,7-12,14,17-18H2,1-2H3/p+1. The van der Waals surface area contributed by atoms with Crippen molar-refractivity contribution in [2.75, 3.05) is 32.2 Å². The highest BCUT2D eigenvalue weighted by atomic mass is 35.5. The number of nitrogens with zero attached hydrogens (tertiary/aromatic N) is 2. The van der Waals surface area contributed by atoms with E-state index in [-0.39, 0.29) is 47.5 Å². The van der Waals surface area contributed by atoms with E-state index in [9.17, 15) is 23.2 Å². The van der Waals surface area contributed by atoms with Gasteiger partial charge in [-0.05, 0) is 43.9 Å². The van der Waals surface area contributed by atoms with Crippen LogP contribution in [0.15, 0.2) is 42.6 Å². The van der Waals surface area contributed by atoms with E-state index >= 15 is 4.39 Å². The molecule has 8 nitrogen and oxygen atoms in total. The summed E-state index contributed by atoms with van der Waals surface area (Å²) in [4.78, 5) is 38.4. The molecule has 1 N–H and O–H groups in total. The Hall–Kier alpha value is -3.41. The second kappa shape index (κ2) is 12.3. The van der Waals surface area contributed by atoms with E-state index < -0.39 is 47.4 Å². The van der Waals surface area contributed by atoms with Gasteiger partial charge < -0.3 is 19.4 Å². The molecule has 1 saturated carbocycles. The van der Waals surface area contributed by atoms with E-state index in [1.54, 1.807) is 16.8 Å². The number of aryl methyl sites for hydroxylation is 1. The zero-order chi connectivity index (χ0) is 30.9. The van der Waals surface area contributed by atoms with E-state index in [0.717, 1.165) is 17.0 Å². The van der Waals surface area contributed by atoms with E-state index in [1.807, 2.05) is 25.2 Å². The number of anilines is 1. The molecular weight excluding hydrogens is 587 g/mol. The Morgan fingerprint density at radius 2 is 1.86 bits per heavy atom. The van der Waals surface area contributed by atoms with Gasteiger partial charge in [0.1, 0.15) is 5.82 Å². The number of rotatable bonds is 8. The summed E-state index contributed by atoms with van der Waals surface area (Å²) in [6.45, 7) is -1.15. The first-order valence-corrected chi connectivity index (χ1v) is 14.6. The number of carbonyl (C=O) groups is 3. The minimum atomic E-state index is -3.06. The molecule has 0 bridgehead atoms. The minimum Gasteiger partial charge on any atom is -0.469 e. The van der Waals surface area contributed by atoms with Crippen LogP contribution in [0.1, 0.15) is 48.0 Å². The molecule has 3 aromatic rings. The summed E-state index contributed by atoms with van der Waals surface area (Å²) in [6.07, 6.45) is 2.61. The molecule has 2 fully saturated rings. The molecule has 2 heterocycles. The Balaban J connectivity index is 1.28. The van der Waals surface area contributed by atoms with Gasteiger partial charge in [0.2, 0.25) is 0 Å². The second-order valence-electron chi connectivity index (χ2n) is 11.5. The molecule has 1 aromatic heterocycles. The van der Waals surface area contributed by atoms with Crippen molar-refractivity contribution < 1.29 is 41.5 Å². The Morgan fingerprint density at radius 1 is 1.14 bits per heavy atom. The third-order valence-electron chi connectivity index (χ3n) is 8.60. The SMILES string of the molecule is COC(=O)C1CCC(OC[N+]2(C(=O)Cc3cc(Cl)c(NC(=O)c4cn(C)c5ccccc45)cc3F)CCC(F)(F)C2)CC1. The summed E-state index contributed by atoms with van der Waals surface area (Å²) < 4.78 is 56.1. The predicted molar refractivity (Wildman–Crippen MR) is 154 cm³/mol. The van der Waals surface area contributed by atoms with Gasteiger partial charge in [-0.25, -0.2) is 22.4 Å². The average Bonchev–Trinajstić information content (AvgIpc) is 3.50. The Morgan fingerprint density at radius 3 is 2.53 bits per heavy atom. The molecule has 230 valence electrons. The summed E-state index contributed by atoms with van der Waals surface area (Å²) in [5.41, 5.74) is 1.19. The molecule has 1 saturated heterocycles. The van der Waals surface area contributed by atoms with Crippen molar-refractivity contribution in [2.24, 2.45) is 13.0 Å². The fraction of sp³-hybridized carbons (Fsp3) is 0.452. The first-order chi connectivity index (χ1) is 20.4. The van der Waals surface area contributed by atoms with Crippen LogP contribution in [0.3, 0.4) is 0 Å². The minimum absolute atomic E-state index is 0.00899. The van der Waals surface area contributed by atoms with Crippen molar-refractivity contribution in [3.63, 3.8) is 0 Å². The van der Waals surface area contributed by atoms with E-state index in [2.05, 4.69) is 5.32 Å². The van der Waals surface area contributed by atoms with Gasteiger partial charge in [0.15, 0.2) is 13.3 Å². The van der Waals surface area contributed by atoms with Crippen LogP contribution in [0, 0.1) is 11.7 Å². The summed E-state index contributed by atoms with van der Waals surface area (Å²) in [7, 11) is 3.15. The third-order valence-corrected chi connectivity index (χ3v) is 8.91. The van der Waals surface area contributed by atoms with Crippen molar-refractivity contribution in [3.05, 3.63) is 64.6 Å². The maximum Gasteiger partial charge on any atom is 0.320 e. The molecule has 43 heavy (non-hydrogen) atoms. The van der Waals surface area contributed by atoms with Gasteiger partial charge in [0.25, 0.3) is 5.91 Å². The fourth-order valence-electron chi connectivity index (χ4n) is 6.12. The number of methoxy groups -OCH3 is 1. The van der Waals surface area contributed by atoms with Gasteiger partial charge in [0, 0.05) is 29.7 Å². The molecule has 1 aliphatic carbocycles. The first-order valence-electron chi connectivity index (χ1n) is 14.2. The number of fused-ring (bicyclic) bond motifs is 1. The number of amides is 2. The van der Waals surface area contributed by atoms with Crippen LogP contribution in [0.5, 0.6) is 0 Å². The lowest BCUT2D eigenvalue weighted by atomic mass is 9.87. The molecule has 5 rings (SSSR count). The number of aromatic nitrogens is 1. The largest absolute Gasteiger partial charge is 0.469 e.